The van der Waals surface area contributed by atoms with Crippen molar-refractivity contribution in [3.8, 4) is 5.75 Å². The van der Waals surface area contributed by atoms with Gasteiger partial charge in [0.1, 0.15) is 22.9 Å². The van der Waals surface area contributed by atoms with E-state index in [4.69, 9.17) is 9.40 Å². The number of furan rings is 1. The Morgan fingerprint density at radius 2 is 2.04 bits per heavy atom. The summed E-state index contributed by atoms with van der Waals surface area (Å²) in [7, 11) is 0. The summed E-state index contributed by atoms with van der Waals surface area (Å²) in [5.41, 5.74) is 2.69. The number of aromatic hydroxyl groups is 1. The molecule has 0 amide bonds. The molecule has 0 atom stereocenters. The maximum atomic E-state index is 9.65. The van der Waals surface area contributed by atoms with Crippen molar-refractivity contribution in [2.24, 2.45) is 0 Å². The summed E-state index contributed by atoms with van der Waals surface area (Å²) in [6.45, 7) is 0.578. The van der Waals surface area contributed by atoms with Crippen LogP contribution >= 0.6 is 0 Å². The highest BCUT2D eigenvalue weighted by Crippen LogP contribution is 2.20. The molecule has 3 aromatic heterocycles. The second-order valence-corrected chi connectivity index (χ2v) is 5.39. The van der Waals surface area contributed by atoms with Crippen LogP contribution in [0, 0.1) is 0 Å². The third kappa shape index (κ3) is 2.68. The van der Waals surface area contributed by atoms with E-state index in [1.807, 2.05) is 36.4 Å². The van der Waals surface area contributed by atoms with Gasteiger partial charge in [-0.15, -0.1) is 0 Å². The van der Waals surface area contributed by atoms with Gasteiger partial charge in [0.2, 0.25) is 0 Å². The minimum absolute atomic E-state index is 0.259. The molecule has 3 heterocycles. The smallest absolute Gasteiger partial charge is 0.160 e. The van der Waals surface area contributed by atoms with E-state index in [-0.39, 0.29) is 5.75 Å². The van der Waals surface area contributed by atoms with E-state index >= 15 is 0 Å². The molecule has 0 radical (unpaired) electrons. The van der Waals surface area contributed by atoms with Gasteiger partial charge in [0, 0.05) is 12.6 Å². The fraction of sp³-hybridized carbons (Fsp3) is 0.111. The zero-order valence-corrected chi connectivity index (χ0v) is 12.4. The number of rotatable bonds is 4. The maximum Gasteiger partial charge on any atom is 0.160 e. The first-order valence-corrected chi connectivity index (χ1v) is 7.40. The summed E-state index contributed by atoms with van der Waals surface area (Å²) in [6.07, 6.45) is 4.04. The number of hydrogen-bond donors (Lipinski definition) is 1. The predicted octanol–water partition coefficient (Wildman–Crippen LogP) is 3.37. The number of imidazole rings is 1. The Morgan fingerprint density at radius 3 is 2.87 bits per heavy atom. The first kappa shape index (κ1) is 13.6. The number of fused-ring (bicyclic) bond motifs is 1. The van der Waals surface area contributed by atoms with Crippen LogP contribution in [0.15, 0.2) is 65.4 Å². The van der Waals surface area contributed by atoms with E-state index in [9.17, 15) is 5.11 Å². The lowest BCUT2D eigenvalue weighted by atomic mass is 10.1. The van der Waals surface area contributed by atoms with Crippen LogP contribution in [-0.2, 0) is 13.0 Å². The Kier molecular flexibility index (Phi) is 3.31. The summed E-state index contributed by atoms with van der Waals surface area (Å²) >= 11 is 0. The molecule has 0 spiro atoms. The Morgan fingerprint density at radius 1 is 1.09 bits per heavy atom. The summed E-state index contributed by atoms with van der Waals surface area (Å²) in [4.78, 5) is 9.15. The van der Waals surface area contributed by atoms with Crippen molar-refractivity contribution in [2.75, 3.05) is 0 Å². The second kappa shape index (κ2) is 5.61. The van der Waals surface area contributed by atoms with Gasteiger partial charge in [0.25, 0.3) is 0 Å². The standard InChI is InChI=1S/C18H15N3O2/c22-14-5-1-4-13(10-14)11-17-20-16-7-2-8-19-18(16)21(17)12-15-6-3-9-23-15/h1-10,22H,11-12H2. The molecule has 0 aliphatic carbocycles. The lowest BCUT2D eigenvalue weighted by Gasteiger charge is -2.07. The van der Waals surface area contributed by atoms with Gasteiger partial charge >= 0.3 is 0 Å². The summed E-state index contributed by atoms with van der Waals surface area (Å²) in [5.74, 6) is 2.00. The van der Waals surface area contributed by atoms with Gasteiger partial charge in [-0.1, -0.05) is 12.1 Å². The van der Waals surface area contributed by atoms with Crippen LogP contribution in [0.2, 0.25) is 0 Å². The highest BCUT2D eigenvalue weighted by atomic mass is 16.3. The lowest BCUT2D eigenvalue weighted by molar-refractivity contribution is 0.474. The number of hydrogen-bond acceptors (Lipinski definition) is 4. The molecule has 4 rings (SSSR count). The monoisotopic (exact) mass is 305 g/mol. The zero-order chi connectivity index (χ0) is 15.6. The molecule has 114 valence electrons. The fourth-order valence-electron chi connectivity index (χ4n) is 2.71. The Balaban J connectivity index is 1.78. The number of phenols is 1. The van der Waals surface area contributed by atoms with E-state index in [2.05, 4.69) is 9.55 Å². The molecule has 0 saturated heterocycles. The molecule has 0 bridgehead atoms. The molecule has 23 heavy (non-hydrogen) atoms. The first-order chi connectivity index (χ1) is 11.3. The molecule has 0 aliphatic heterocycles. The van der Waals surface area contributed by atoms with Crippen molar-refractivity contribution in [3.63, 3.8) is 0 Å². The van der Waals surface area contributed by atoms with Crippen LogP contribution in [0.1, 0.15) is 17.1 Å². The van der Waals surface area contributed by atoms with Gasteiger partial charge in [-0.3, -0.25) is 0 Å². The average molecular weight is 305 g/mol. The number of nitrogens with zero attached hydrogens (tertiary/aromatic N) is 3. The molecule has 5 nitrogen and oxygen atoms in total. The summed E-state index contributed by atoms with van der Waals surface area (Å²) in [5, 5.41) is 9.65. The topological polar surface area (TPSA) is 64.1 Å². The van der Waals surface area contributed by atoms with Gasteiger partial charge in [0.15, 0.2) is 5.65 Å². The van der Waals surface area contributed by atoms with Crippen LogP contribution in [-0.4, -0.2) is 19.6 Å². The highest BCUT2D eigenvalue weighted by Gasteiger charge is 2.13. The quantitative estimate of drug-likeness (QED) is 0.628. The van der Waals surface area contributed by atoms with Crippen molar-refractivity contribution < 1.29 is 9.52 Å². The molecule has 1 aromatic carbocycles. The third-order valence-corrected chi connectivity index (χ3v) is 3.75. The molecular weight excluding hydrogens is 290 g/mol. The second-order valence-electron chi connectivity index (χ2n) is 5.39. The van der Waals surface area contributed by atoms with Crippen LogP contribution in [0.25, 0.3) is 11.2 Å². The Labute approximate surface area is 132 Å². The fourth-order valence-corrected chi connectivity index (χ4v) is 2.71. The van der Waals surface area contributed by atoms with Gasteiger partial charge in [-0.2, -0.15) is 0 Å². The van der Waals surface area contributed by atoms with Crippen LogP contribution < -0.4 is 0 Å². The molecule has 0 unspecified atom stereocenters. The van der Waals surface area contributed by atoms with Crippen molar-refractivity contribution in [1.82, 2.24) is 14.5 Å². The molecule has 0 saturated carbocycles. The minimum Gasteiger partial charge on any atom is -0.508 e. The van der Waals surface area contributed by atoms with E-state index in [1.165, 1.54) is 0 Å². The van der Waals surface area contributed by atoms with Gasteiger partial charge < -0.3 is 14.1 Å². The summed E-state index contributed by atoms with van der Waals surface area (Å²) in [6, 6.07) is 14.9. The van der Waals surface area contributed by atoms with Crippen LogP contribution in [0.4, 0.5) is 0 Å². The maximum absolute atomic E-state index is 9.65. The van der Waals surface area contributed by atoms with E-state index in [0.717, 1.165) is 28.3 Å². The molecule has 1 N–H and O–H groups in total. The molecule has 4 aromatic rings. The average Bonchev–Trinajstić information content (AvgIpc) is 3.17. The Bertz CT molecular complexity index is 942. The number of pyridine rings is 1. The van der Waals surface area contributed by atoms with Crippen molar-refractivity contribution >= 4 is 11.2 Å². The van der Waals surface area contributed by atoms with Gasteiger partial charge in [-0.05, 0) is 42.0 Å². The third-order valence-electron chi connectivity index (χ3n) is 3.75. The number of aromatic nitrogens is 3. The van der Waals surface area contributed by atoms with Crippen LogP contribution in [0.5, 0.6) is 5.75 Å². The number of phenolic OH excluding ortho intramolecular Hbond substituents is 1. The van der Waals surface area contributed by atoms with E-state index in [0.29, 0.717) is 13.0 Å². The zero-order valence-electron chi connectivity index (χ0n) is 12.4. The molecule has 5 heteroatoms. The molecular formula is C18H15N3O2. The highest BCUT2D eigenvalue weighted by molar-refractivity contribution is 5.71. The lowest BCUT2D eigenvalue weighted by Crippen LogP contribution is -2.06. The largest absolute Gasteiger partial charge is 0.508 e. The molecule has 0 aliphatic rings. The van der Waals surface area contributed by atoms with E-state index < -0.39 is 0 Å². The van der Waals surface area contributed by atoms with Crippen molar-refractivity contribution in [3.05, 3.63) is 78.1 Å². The van der Waals surface area contributed by atoms with Crippen molar-refractivity contribution in [1.29, 1.82) is 0 Å². The van der Waals surface area contributed by atoms with Gasteiger partial charge in [-0.25, -0.2) is 9.97 Å². The summed E-state index contributed by atoms with van der Waals surface area (Å²) < 4.78 is 7.52. The molecule has 0 fully saturated rings. The minimum atomic E-state index is 0.259. The predicted molar refractivity (Wildman–Crippen MR) is 86.3 cm³/mol. The Hall–Kier alpha value is -3.08. The first-order valence-electron chi connectivity index (χ1n) is 7.40. The van der Waals surface area contributed by atoms with E-state index in [1.54, 1.807) is 24.6 Å². The van der Waals surface area contributed by atoms with Crippen molar-refractivity contribution in [2.45, 2.75) is 13.0 Å². The SMILES string of the molecule is Oc1cccc(Cc2nc3cccnc3n2Cc2ccco2)c1. The van der Waals surface area contributed by atoms with Crippen LogP contribution in [0.3, 0.4) is 0 Å². The number of benzene rings is 1. The normalized spacial score (nSPS) is 11.1. The van der Waals surface area contributed by atoms with Gasteiger partial charge in [0.05, 0.1) is 12.8 Å².